The molecule has 0 bridgehead atoms. The highest BCUT2D eigenvalue weighted by Crippen LogP contribution is 2.32. The fraction of sp³-hybridized carbons (Fsp3) is 0.500. The number of piperazine rings is 1. The summed E-state index contributed by atoms with van der Waals surface area (Å²) >= 11 is 0. The molecule has 2 aromatic rings. The SMILES string of the molecule is CN1CCN(c2cccc(F)c2C[C@H]2CCN(c3ccc(C(C)(C)O)nc3)C2=O)CC1. The maximum Gasteiger partial charge on any atom is 0.230 e. The molecule has 7 heteroatoms. The Bertz CT molecular complexity index is 934. The molecule has 31 heavy (non-hydrogen) atoms. The zero-order valence-corrected chi connectivity index (χ0v) is 18.5. The van der Waals surface area contributed by atoms with E-state index in [0.717, 1.165) is 31.9 Å². The third-order valence-corrected chi connectivity index (χ3v) is 6.39. The fourth-order valence-electron chi connectivity index (χ4n) is 4.43. The number of halogens is 1. The van der Waals surface area contributed by atoms with Crippen LogP contribution in [0.25, 0.3) is 0 Å². The summed E-state index contributed by atoms with van der Waals surface area (Å²) in [5, 5.41) is 10.1. The molecule has 166 valence electrons. The molecule has 2 saturated heterocycles. The summed E-state index contributed by atoms with van der Waals surface area (Å²) in [6.07, 6.45) is 2.72. The largest absolute Gasteiger partial charge is 0.384 e. The first-order valence-corrected chi connectivity index (χ1v) is 10.9. The minimum Gasteiger partial charge on any atom is -0.384 e. The van der Waals surface area contributed by atoms with Gasteiger partial charge in [0.15, 0.2) is 0 Å². The van der Waals surface area contributed by atoms with Gasteiger partial charge in [0.25, 0.3) is 0 Å². The summed E-state index contributed by atoms with van der Waals surface area (Å²) in [6.45, 7) is 7.55. The number of likely N-dealkylation sites (N-methyl/N-ethyl adjacent to an activating group) is 1. The van der Waals surface area contributed by atoms with Gasteiger partial charge in [-0.25, -0.2) is 4.39 Å². The van der Waals surface area contributed by atoms with E-state index in [9.17, 15) is 14.3 Å². The number of carbonyl (C=O) groups is 1. The van der Waals surface area contributed by atoms with Crippen LogP contribution in [0.15, 0.2) is 36.5 Å². The van der Waals surface area contributed by atoms with Crippen LogP contribution in [0.5, 0.6) is 0 Å². The highest BCUT2D eigenvalue weighted by molar-refractivity contribution is 5.97. The Hall–Kier alpha value is -2.51. The number of carbonyl (C=O) groups excluding carboxylic acids is 1. The predicted octanol–water partition coefficient (Wildman–Crippen LogP) is 2.80. The number of pyridine rings is 1. The molecule has 1 atom stereocenters. The van der Waals surface area contributed by atoms with Crippen molar-refractivity contribution >= 4 is 17.3 Å². The van der Waals surface area contributed by atoms with Crippen molar-refractivity contribution in [1.82, 2.24) is 9.88 Å². The molecule has 0 radical (unpaired) electrons. The predicted molar refractivity (Wildman–Crippen MR) is 120 cm³/mol. The molecule has 2 aliphatic rings. The number of aromatic nitrogens is 1. The van der Waals surface area contributed by atoms with E-state index in [0.29, 0.717) is 36.3 Å². The topological polar surface area (TPSA) is 59.9 Å². The number of hydrogen-bond donors (Lipinski definition) is 1. The second-order valence-corrected chi connectivity index (χ2v) is 9.17. The van der Waals surface area contributed by atoms with Crippen molar-refractivity contribution in [3.8, 4) is 0 Å². The van der Waals surface area contributed by atoms with E-state index in [1.54, 1.807) is 37.1 Å². The molecule has 1 N–H and O–H groups in total. The Morgan fingerprint density at radius 2 is 1.87 bits per heavy atom. The van der Waals surface area contributed by atoms with Crippen molar-refractivity contribution in [2.45, 2.75) is 32.3 Å². The van der Waals surface area contributed by atoms with E-state index in [2.05, 4.69) is 21.8 Å². The van der Waals surface area contributed by atoms with E-state index < -0.39 is 5.60 Å². The zero-order valence-electron chi connectivity index (χ0n) is 18.5. The number of benzene rings is 1. The average Bonchev–Trinajstić information content (AvgIpc) is 3.10. The molecule has 4 rings (SSSR count). The van der Waals surface area contributed by atoms with Crippen LogP contribution in [-0.4, -0.2) is 60.7 Å². The van der Waals surface area contributed by atoms with Crippen LogP contribution in [-0.2, 0) is 16.8 Å². The Kier molecular flexibility index (Phi) is 5.99. The van der Waals surface area contributed by atoms with E-state index in [1.165, 1.54) is 6.07 Å². The third-order valence-electron chi connectivity index (χ3n) is 6.39. The number of anilines is 2. The zero-order chi connectivity index (χ0) is 22.2. The molecule has 1 aromatic carbocycles. The monoisotopic (exact) mass is 426 g/mol. The van der Waals surface area contributed by atoms with Crippen LogP contribution in [0.2, 0.25) is 0 Å². The molecular weight excluding hydrogens is 395 g/mol. The molecule has 1 aromatic heterocycles. The molecule has 0 spiro atoms. The molecule has 0 saturated carbocycles. The first-order chi connectivity index (χ1) is 14.7. The smallest absolute Gasteiger partial charge is 0.230 e. The van der Waals surface area contributed by atoms with Gasteiger partial charge in [-0.05, 0) is 58.0 Å². The number of nitrogens with zero attached hydrogens (tertiary/aromatic N) is 4. The van der Waals surface area contributed by atoms with Gasteiger partial charge in [0.05, 0.1) is 17.6 Å². The Labute approximate surface area is 183 Å². The Morgan fingerprint density at radius 3 is 2.52 bits per heavy atom. The van der Waals surface area contributed by atoms with E-state index in [1.807, 2.05) is 12.1 Å². The van der Waals surface area contributed by atoms with Crippen LogP contribution in [0.1, 0.15) is 31.5 Å². The molecule has 3 heterocycles. The third kappa shape index (κ3) is 4.57. The standard InChI is InChI=1S/C24H31FN4O2/c1-24(2,31)22-8-7-18(16-26-22)29-10-9-17(23(29)30)15-19-20(25)5-4-6-21(19)28-13-11-27(3)12-14-28/h4-8,16-17,31H,9-15H2,1-3H3/t17-/m1/s1. The maximum atomic E-state index is 14.8. The quantitative estimate of drug-likeness (QED) is 0.797. The van der Waals surface area contributed by atoms with Gasteiger partial charge in [-0.3, -0.25) is 9.78 Å². The summed E-state index contributed by atoms with van der Waals surface area (Å²) < 4.78 is 14.8. The van der Waals surface area contributed by atoms with Crippen LogP contribution in [0.3, 0.4) is 0 Å². The molecule has 0 unspecified atom stereocenters. The first-order valence-electron chi connectivity index (χ1n) is 10.9. The number of amides is 1. The van der Waals surface area contributed by atoms with E-state index in [4.69, 9.17) is 0 Å². The van der Waals surface area contributed by atoms with Crippen molar-refractivity contribution in [2.75, 3.05) is 49.6 Å². The second-order valence-electron chi connectivity index (χ2n) is 9.17. The normalized spacial score (nSPS) is 20.5. The minimum absolute atomic E-state index is 0.00499. The number of hydrogen-bond acceptors (Lipinski definition) is 5. The summed E-state index contributed by atoms with van der Waals surface area (Å²) in [5.41, 5.74) is 1.80. The maximum absolute atomic E-state index is 14.8. The van der Waals surface area contributed by atoms with Gasteiger partial charge in [0.1, 0.15) is 11.4 Å². The number of aliphatic hydroxyl groups is 1. The van der Waals surface area contributed by atoms with Crippen LogP contribution >= 0.6 is 0 Å². The van der Waals surface area contributed by atoms with E-state index >= 15 is 0 Å². The summed E-state index contributed by atoms with van der Waals surface area (Å²) in [6, 6.07) is 8.79. The molecule has 6 nitrogen and oxygen atoms in total. The first kappa shape index (κ1) is 21.7. The second kappa shape index (κ2) is 8.55. The van der Waals surface area contributed by atoms with Gasteiger partial charge in [-0.1, -0.05) is 6.07 Å². The van der Waals surface area contributed by atoms with Crippen LogP contribution in [0, 0.1) is 11.7 Å². The molecule has 0 aliphatic carbocycles. The van der Waals surface area contributed by atoms with Gasteiger partial charge in [0.2, 0.25) is 5.91 Å². The lowest BCUT2D eigenvalue weighted by Crippen LogP contribution is -2.45. The van der Waals surface area contributed by atoms with Crippen molar-refractivity contribution in [1.29, 1.82) is 0 Å². The lowest BCUT2D eigenvalue weighted by Gasteiger charge is -2.35. The molecule has 1 amide bonds. The van der Waals surface area contributed by atoms with Crippen molar-refractivity contribution < 1.29 is 14.3 Å². The molecule has 2 fully saturated rings. The highest BCUT2D eigenvalue weighted by Gasteiger charge is 2.34. The Morgan fingerprint density at radius 1 is 1.13 bits per heavy atom. The van der Waals surface area contributed by atoms with Crippen LogP contribution < -0.4 is 9.80 Å². The number of rotatable bonds is 5. The molecular formula is C24H31FN4O2. The lowest BCUT2D eigenvalue weighted by atomic mass is 9.95. The van der Waals surface area contributed by atoms with Gasteiger partial charge >= 0.3 is 0 Å². The van der Waals surface area contributed by atoms with Crippen LogP contribution in [0.4, 0.5) is 15.8 Å². The van der Waals surface area contributed by atoms with Gasteiger partial charge in [0, 0.05) is 49.9 Å². The summed E-state index contributed by atoms with van der Waals surface area (Å²) in [7, 11) is 2.10. The lowest BCUT2D eigenvalue weighted by molar-refractivity contribution is -0.120. The van der Waals surface area contributed by atoms with Crippen molar-refractivity contribution in [3.63, 3.8) is 0 Å². The summed E-state index contributed by atoms with van der Waals surface area (Å²) in [4.78, 5) is 23.7. The van der Waals surface area contributed by atoms with Gasteiger partial charge < -0.3 is 19.8 Å². The van der Waals surface area contributed by atoms with E-state index in [-0.39, 0.29) is 17.6 Å². The minimum atomic E-state index is -1.03. The van der Waals surface area contributed by atoms with Crippen molar-refractivity contribution in [3.05, 3.63) is 53.6 Å². The van der Waals surface area contributed by atoms with Crippen molar-refractivity contribution in [2.24, 2.45) is 5.92 Å². The average molecular weight is 427 g/mol. The summed E-state index contributed by atoms with van der Waals surface area (Å²) in [5.74, 6) is -0.485. The van der Waals surface area contributed by atoms with Gasteiger partial charge in [-0.15, -0.1) is 0 Å². The Balaban J connectivity index is 1.50. The fourth-order valence-corrected chi connectivity index (χ4v) is 4.43. The molecule has 2 aliphatic heterocycles. The van der Waals surface area contributed by atoms with Gasteiger partial charge in [-0.2, -0.15) is 0 Å². The highest BCUT2D eigenvalue weighted by atomic mass is 19.1.